The van der Waals surface area contributed by atoms with Crippen molar-refractivity contribution in [3.05, 3.63) is 69.4 Å². The Morgan fingerprint density at radius 3 is 2.14 bits per heavy atom. The summed E-state index contributed by atoms with van der Waals surface area (Å²) in [7, 11) is 1.64. The van der Waals surface area contributed by atoms with Crippen LogP contribution in [0.4, 0.5) is 10.5 Å². The van der Waals surface area contributed by atoms with Gasteiger partial charge < -0.3 is 14.3 Å². The van der Waals surface area contributed by atoms with Gasteiger partial charge in [0.05, 0.1) is 19.3 Å². The summed E-state index contributed by atoms with van der Waals surface area (Å²) in [6.45, 7) is 9.24. The minimum absolute atomic E-state index is 0.172. The Kier molecular flexibility index (Phi) is 8.26. The standard InChI is InChI=1S/C29H35ClN2O5/c1-6-20-17-19(4)18-21(7-2)24(20)25-26(37-28(34)36-8-3)29(13-15-31(35-5)16-14-29)32(27(25)33)23-11-9-22(30)10-12-23/h9-12,17-18H,6-8,13-16H2,1-5H3. The van der Waals surface area contributed by atoms with Gasteiger partial charge in [-0.15, -0.1) is 0 Å². The third-order valence-electron chi connectivity index (χ3n) is 7.29. The van der Waals surface area contributed by atoms with Crippen molar-refractivity contribution < 1.29 is 23.9 Å². The zero-order valence-electron chi connectivity index (χ0n) is 22.2. The number of hydrogen-bond acceptors (Lipinski definition) is 6. The van der Waals surface area contributed by atoms with Crippen molar-refractivity contribution in [2.24, 2.45) is 0 Å². The Morgan fingerprint density at radius 2 is 1.62 bits per heavy atom. The Bertz CT molecular complexity index is 1170. The molecule has 0 N–H and O–H groups in total. The molecule has 1 amide bonds. The molecule has 0 saturated carbocycles. The molecule has 37 heavy (non-hydrogen) atoms. The van der Waals surface area contributed by atoms with Crippen LogP contribution >= 0.6 is 11.6 Å². The molecule has 2 aromatic carbocycles. The first-order chi connectivity index (χ1) is 17.8. The van der Waals surface area contributed by atoms with Crippen LogP contribution in [0.25, 0.3) is 5.57 Å². The Labute approximate surface area is 223 Å². The highest BCUT2D eigenvalue weighted by Crippen LogP contribution is 2.50. The summed E-state index contributed by atoms with van der Waals surface area (Å²) in [6, 6.07) is 11.4. The summed E-state index contributed by atoms with van der Waals surface area (Å²) in [5.41, 5.74) is 4.33. The van der Waals surface area contributed by atoms with Gasteiger partial charge in [0.1, 0.15) is 5.54 Å². The average Bonchev–Trinajstić information content (AvgIpc) is 3.11. The molecule has 2 aromatic rings. The highest BCUT2D eigenvalue weighted by molar-refractivity contribution is 6.32. The van der Waals surface area contributed by atoms with E-state index in [2.05, 4.69) is 32.9 Å². The summed E-state index contributed by atoms with van der Waals surface area (Å²) in [4.78, 5) is 34.6. The van der Waals surface area contributed by atoms with E-state index in [0.29, 0.717) is 48.0 Å². The van der Waals surface area contributed by atoms with Crippen LogP contribution in [-0.2, 0) is 31.9 Å². The molecule has 8 heteroatoms. The summed E-state index contributed by atoms with van der Waals surface area (Å²) >= 11 is 6.20. The SMILES string of the molecule is CCOC(=O)OC1=C(c2c(CC)cc(C)cc2CC)C(=O)N(c2ccc(Cl)cc2)C12CCN(OC)CC2. The normalized spacial score (nSPS) is 17.6. The molecule has 2 aliphatic rings. The van der Waals surface area contributed by atoms with E-state index in [1.54, 1.807) is 31.1 Å². The van der Waals surface area contributed by atoms with E-state index in [-0.39, 0.29) is 12.5 Å². The number of ether oxygens (including phenoxy) is 2. The van der Waals surface area contributed by atoms with Crippen molar-refractivity contribution in [3.63, 3.8) is 0 Å². The number of anilines is 1. The summed E-state index contributed by atoms with van der Waals surface area (Å²) in [6.07, 6.45) is 1.69. The molecule has 1 spiro atoms. The van der Waals surface area contributed by atoms with E-state index in [9.17, 15) is 9.59 Å². The molecule has 7 nitrogen and oxygen atoms in total. The fourth-order valence-corrected chi connectivity index (χ4v) is 5.73. The zero-order chi connectivity index (χ0) is 26.7. The molecule has 198 valence electrons. The van der Waals surface area contributed by atoms with Gasteiger partial charge in [-0.05, 0) is 80.5 Å². The average molecular weight is 527 g/mol. The molecular weight excluding hydrogens is 492 g/mol. The fourth-order valence-electron chi connectivity index (χ4n) is 5.60. The molecule has 0 bridgehead atoms. The van der Waals surface area contributed by atoms with Crippen molar-refractivity contribution in [1.82, 2.24) is 5.06 Å². The number of aryl methyl sites for hydroxylation is 3. The Hall–Kier alpha value is -2.87. The number of benzene rings is 2. The lowest BCUT2D eigenvalue weighted by Gasteiger charge is -2.44. The van der Waals surface area contributed by atoms with E-state index < -0.39 is 11.7 Å². The summed E-state index contributed by atoms with van der Waals surface area (Å²) < 4.78 is 11.2. The maximum Gasteiger partial charge on any atom is 0.513 e. The van der Waals surface area contributed by atoms with Crippen LogP contribution in [0.15, 0.2) is 42.2 Å². The quantitative estimate of drug-likeness (QED) is 0.406. The smallest absolute Gasteiger partial charge is 0.434 e. The van der Waals surface area contributed by atoms with Crippen LogP contribution in [0, 0.1) is 6.92 Å². The van der Waals surface area contributed by atoms with Gasteiger partial charge in [-0.25, -0.2) is 4.79 Å². The van der Waals surface area contributed by atoms with E-state index in [1.807, 2.05) is 17.2 Å². The molecule has 2 heterocycles. The van der Waals surface area contributed by atoms with Gasteiger partial charge in [0.25, 0.3) is 5.91 Å². The van der Waals surface area contributed by atoms with Gasteiger partial charge in [0, 0.05) is 23.8 Å². The van der Waals surface area contributed by atoms with Gasteiger partial charge in [0.2, 0.25) is 0 Å². The predicted octanol–water partition coefficient (Wildman–Crippen LogP) is 6.10. The minimum Gasteiger partial charge on any atom is -0.434 e. The first-order valence-electron chi connectivity index (χ1n) is 12.9. The van der Waals surface area contributed by atoms with Crippen LogP contribution in [0.2, 0.25) is 5.02 Å². The third kappa shape index (κ3) is 5.00. The topological polar surface area (TPSA) is 68.3 Å². The van der Waals surface area contributed by atoms with Crippen LogP contribution in [0.3, 0.4) is 0 Å². The van der Waals surface area contributed by atoms with E-state index in [0.717, 1.165) is 35.1 Å². The maximum atomic E-state index is 14.5. The highest BCUT2D eigenvalue weighted by Gasteiger charge is 2.56. The number of piperidine rings is 1. The maximum absolute atomic E-state index is 14.5. The van der Waals surface area contributed by atoms with Crippen molar-refractivity contribution in [1.29, 1.82) is 0 Å². The van der Waals surface area contributed by atoms with Gasteiger partial charge in [0.15, 0.2) is 5.76 Å². The Morgan fingerprint density at radius 1 is 1.03 bits per heavy atom. The lowest BCUT2D eigenvalue weighted by Crippen LogP contribution is -2.55. The van der Waals surface area contributed by atoms with E-state index in [1.165, 1.54) is 0 Å². The first kappa shape index (κ1) is 27.2. The predicted molar refractivity (Wildman–Crippen MR) is 144 cm³/mol. The van der Waals surface area contributed by atoms with Gasteiger partial charge in [-0.3, -0.25) is 9.69 Å². The molecule has 4 rings (SSSR count). The monoisotopic (exact) mass is 526 g/mol. The molecule has 1 saturated heterocycles. The molecule has 1 fully saturated rings. The molecule has 0 aromatic heterocycles. The lowest BCUT2D eigenvalue weighted by atomic mass is 9.83. The molecule has 0 unspecified atom stereocenters. The third-order valence-corrected chi connectivity index (χ3v) is 7.54. The zero-order valence-corrected chi connectivity index (χ0v) is 23.0. The number of hydroxylamine groups is 2. The van der Waals surface area contributed by atoms with Crippen molar-refractivity contribution in [2.75, 3.05) is 31.7 Å². The van der Waals surface area contributed by atoms with Crippen LogP contribution in [-0.4, -0.2) is 49.5 Å². The number of carbonyl (C=O) groups is 2. The molecular formula is C29H35ClN2O5. The number of hydrogen-bond donors (Lipinski definition) is 0. The van der Waals surface area contributed by atoms with Crippen molar-refractivity contribution >= 4 is 34.9 Å². The van der Waals surface area contributed by atoms with Crippen LogP contribution < -0.4 is 4.90 Å². The van der Waals surface area contributed by atoms with Gasteiger partial charge >= 0.3 is 6.16 Å². The summed E-state index contributed by atoms with van der Waals surface area (Å²) in [5, 5.41) is 2.44. The number of nitrogens with zero attached hydrogens (tertiary/aromatic N) is 2. The minimum atomic E-state index is -0.886. The number of halogens is 1. The number of amides is 1. The van der Waals surface area contributed by atoms with Crippen LogP contribution in [0.1, 0.15) is 55.9 Å². The summed E-state index contributed by atoms with van der Waals surface area (Å²) in [5.74, 6) is 0.163. The Balaban J connectivity index is 2.01. The second kappa shape index (κ2) is 11.3. The van der Waals surface area contributed by atoms with Crippen molar-refractivity contribution in [2.45, 2.75) is 58.9 Å². The second-order valence-electron chi connectivity index (χ2n) is 9.41. The molecule has 0 radical (unpaired) electrons. The fraction of sp³-hybridized carbons (Fsp3) is 0.448. The van der Waals surface area contributed by atoms with Crippen molar-refractivity contribution in [3.8, 4) is 0 Å². The largest absolute Gasteiger partial charge is 0.513 e. The number of carbonyl (C=O) groups excluding carboxylic acids is 2. The molecule has 0 aliphatic carbocycles. The second-order valence-corrected chi connectivity index (χ2v) is 9.85. The molecule has 2 aliphatic heterocycles. The van der Waals surface area contributed by atoms with Gasteiger partial charge in [-0.2, -0.15) is 5.06 Å². The lowest BCUT2D eigenvalue weighted by molar-refractivity contribution is -0.150. The van der Waals surface area contributed by atoms with Gasteiger partial charge in [-0.1, -0.05) is 43.1 Å². The van der Waals surface area contributed by atoms with E-state index >= 15 is 0 Å². The van der Waals surface area contributed by atoms with E-state index in [4.69, 9.17) is 25.9 Å². The van der Waals surface area contributed by atoms with Crippen LogP contribution in [0.5, 0.6) is 0 Å². The molecule has 0 atom stereocenters. The first-order valence-corrected chi connectivity index (χ1v) is 13.3. The number of rotatable bonds is 7. The highest BCUT2D eigenvalue weighted by atomic mass is 35.5.